The van der Waals surface area contributed by atoms with Crippen LogP contribution < -0.4 is 5.32 Å². The van der Waals surface area contributed by atoms with Crippen LogP contribution in [0.3, 0.4) is 0 Å². The van der Waals surface area contributed by atoms with Gasteiger partial charge in [-0.1, -0.05) is 18.0 Å². The van der Waals surface area contributed by atoms with E-state index in [1.165, 1.54) is 22.5 Å². The molecular formula is C16H23ClN2O3S. The van der Waals surface area contributed by atoms with Gasteiger partial charge in [-0.3, -0.25) is 4.79 Å². The van der Waals surface area contributed by atoms with Crippen molar-refractivity contribution < 1.29 is 13.2 Å². The molecular weight excluding hydrogens is 336 g/mol. The molecule has 5 nitrogen and oxygen atoms in total. The van der Waals surface area contributed by atoms with E-state index in [0.29, 0.717) is 13.1 Å². The van der Waals surface area contributed by atoms with E-state index in [1.54, 1.807) is 0 Å². The first-order valence-electron chi connectivity index (χ1n) is 7.73. The van der Waals surface area contributed by atoms with Crippen molar-refractivity contribution in [3.05, 3.63) is 28.8 Å². The molecule has 1 N–H and O–H groups in total. The van der Waals surface area contributed by atoms with E-state index in [4.69, 9.17) is 11.6 Å². The maximum Gasteiger partial charge on any atom is 0.253 e. The number of amides is 1. The van der Waals surface area contributed by atoms with Crippen LogP contribution in [0.15, 0.2) is 23.1 Å². The van der Waals surface area contributed by atoms with Gasteiger partial charge in [0, 0.05) is 18.6 Å². The van der Waals surface area contributed by atoms with Gasteiger partial charge in [0.05, 0.1) is 15.5 Å². The van der Waals surface area contributed by atoms with Gasteiger partial charge in [-0.15, -0.1) is 0 Å². The molecule has 0 unspecified atom stereocenters. The van der Waals surface area contributed by atoms with E-state index in [-0.39, 0.29) is 21.4 Å². The normalized spacial score (nSPS) is 17.0. The van der Waals surface area contributed by atoms with Crippen LogP contribution in [0.2, 0.25) is 5.02 Å². The summed E-state index contributed by atoms with van der Waals surface area (Å²) < 4.78 is 26.9. The number of rotatable bonds is 3. The number of halogens is 1. The van der Waals surface area contributed by atoms with E-state index in [9.17, 15) is 13.2 Å². The number of carbonyl (C=O) groups is 1. The Kier molecular flexibility index (Phi) is 5.38. The molecule has 128 valence electrons. The minimum Gasteiger partial charge on any atom is -0.347 e. The second-order valence-corrected chi connectivity index (χ2v) is 9.16. The zero-order valence-corrected chi connectivity index (χ0v) is 15.3. The predicted octanol–water partition coefficient (Wildman–Crippen LogP) is 3.04. The minimum absolute atomic E-state index is 0.114. The fourth-order valence-corrected chi connectivity index (χ4v) is 4.25. The topological polar surface area (TPSA) is 66.5 Å². The number of piperidine rings is 1. The Hall–Kier alpha value is -1.11. The zero-order chi connectivity index (χ0) is 17.3. The van der Waals surface area contributed by atoms with Crippen LogP contribution in [-0.2, 0) is 10.0 Å². The molecule has 0 saturated carbocycles. The Morgan fingerprint density at radius 3 is 2.35 bits per heavy atom. The summed E-state index contributed by atoms with van der Waals surface area (Å²) in [6, 6.07) is 4.30. The highest BCUT2D eigenvalue weighted by atomic mass is 35.5. The summed E-state index contributed by atoms with van der Waals surface area (Å²) in [5.41, 5.74) is -0.248. The average molecular weight is 359 g/mol. The fourth-order valence-electron chi connectivity index (χ4n) is 2.50. The van der Waals surface area contributed by atoms with Crippen molar-refractivity contribution in [2.45, 2.75) is 50.5 Å². The van der Waals surface area contributed by atoms with Gasteiger partial charge in [0.25, 0.3) is 5.91 Å². The monoisotopic (exact) mass is 358 g/mol. The average Bonchev–Trinajstić information content (AvgIpc) is 2.46. The van der Waals surface area contributed by atoms with E-state index < -0.39 is 15.6 Å². The smallest absolute Gasteiger partial charge is 0.253 e. The lowest BCUT2D eigenvalue weighted by molar-refractivity contribution is 0.0919. The van der Waals surface area contributed by atoms with Crippen molar-refractivity contribution in [3.8, 4) is 0 Å². The van der Waals surface area contributed by atoms with Gasteiger partial charge in [0.2, 0.25) is 10.0 Å². The Balaban J connectivity index is 2.34. The lowest BCUT2D eigenvalue weighted by Gasteiger charge is -2.26. The molecule has 0 aromatic heterocycles. The third-order valence-electron chi connectivity index (χ3n) is 3.62. The number of nitrogens with one attached hydrogen (secondary N) is 1. The molecule has 0 atom stereocenters. The van der Waals surface area contributed by atoms with Gasteiger partial charge in [-0.05, 0) is 51.8 Å². The Labute approximate surface area is 143 Å². The molecule has 7 heteroatoms. The van der Waals surface area contributed by atoms with Crippen molar-refractivity contribution in [1.82, 2.24) is 9.62 Å². The lowest BCUT2D eigenvalue weighted by atomic mass is 10.1. The highest BCUT2D eigenvalue weighted by molar-refractivity contribution is 7.89. The Morgan fingerprint density at radius 1 is 1.17 bits per heavy atom. The molecule has 23 heavy (non-hydrogen) atoms. The molecule has 1 heterocycles. The number of sulfonamides is 1. The summed E-state index contributed by atoms with van der Waals surface area (Å²) in [6.07, 6.45) is 2.78. The molecule has 1 amide bonds. The summed E-state index contributed by atoms with van der Waals surface area (Å²) in [6.45, 7) is 6.61. The molecule has 0 bridgehead atoms. The van der Waals surface area contributed by atoms with Gasteiger partial charge in [0.15, 0.2) is 0 Å². The number of nitrogens with zero attached hydrogens (tertiary/aromatic N) is 1. The van der Waals surface area contributed by atoms with Crippen LogP contribution >= 0.6 is 11.6 Å². The molecule has 1 saturated heterocycles. The molecule has 1 aliphatic heterocycles. The standard InChI is InChI=1S/C16H23ClN2O3S/c1-16(2,3)18-15(20)13-11-12(7-8-14(13)17)23(21,22)19-9-5-4-6-10-19/h7-8,11H,4-6,9-10H2,1-3H3,(H,18,20). The van der Waals surface area contributed by atoms with Crippen molar-refractivity contribution >= 4 is 27.5 Å². The summed E-state index contributed by atoms with van der Waals surface area (Å²) >= 11 is 6.09. The maximum absolute atomic E-state index is 12.7. The van der Waals surface area contributed by atoms with E-state index >= 15 is 0 Å². The third-order valence-corrected chi connectivity index (χ3v) is 5.85. The minimum atomic E-state index is -3.58. The van der Waals surface area contributed by atoms with Crippen molar-refractivity contribution in [2.24, 2.45) is 0 Å². The Bertz CT molecular complexity index is 690. The fraction of sp³-hybridized carbons (Fsp3) is 0.562. The second-order valence-electron chi connectivity index (χ2n) is 6.81. The summed E-state index contributed by atoms with van der Waals surface area (Å²) in [5, 5.41) is 3.04. The zero-order valence-electron chi connectivity index (χ0n) is 13.7. The first-order chi connectivity index (χ1) is 10.6. The summed E-state index contributed by atoms with van der Waals surface area (Å²) in [5.74, 6) is -0.377. The number of benzene rings is 1. The summed E-state index contributed by atoms with van der Waals surface area (Å²) in [4.78, 5) is 12.4. The van der Waals surface area contributed by atoms with Crippen LogP contribution in [0.1, 0.15) is 50.4 Å². The van der Waals surface area contributed by atoms with Gasteiger partial charge >= 0.3 is 0 Å². The molecule has 1 aliphatic rings. The SMILES string of the molecule is CC(C)(C)NC(=O)c1cc(S(=O)(=O)N2CCCCC2)ccc1Cl. The number of hydrogen-bond donors (Lipinski definition) is 1. The van der Waals surface area contributed by atoms with Gasteiger partial charge < -0.3 is 5.32 Å². The molecule has 1 aromatic carbocycles. The third kappa shape index (κ3) is 4.46. The van der Waals surface area contributed by atoms with Crippen molar-refractivity contribution in [1.29, 1.82) is 0 Å². The number of carbonyl (C=O) groups excluding carboxylic acids is 1. The van der Waals surface area contributed by atoms with Crippen LogP contribution in [-0.4, -0.2) is 37.3 Å². The van der Waals surface area contributed by atoms with Crippen LogP contribution in [0.5, 0.6) is 0 Å². The van der Waals surface area contributed by atoms with E-state index in [0.717, 1.165) is 19.3 Å². The first kappa shape index (κ1) is 18.2. The van der Waals surface area contributed by atoms with Gasteiger partial charge in [-0.2, -0.15) is 4.31 Å². The largest absolute Gasteiger partial charge is 0.347 e. The molecule has 0 aliphatic carbocycles. The quantitative estimate of drug-likeness (QED) is 0.903. The second kappa shape index (κ2) is 6.79. The van der Waals surface area contributed by atoms with E-state index in [2.05, 4.69) is 5.32 Å². The molecule has 1 fully saturated rings. The molecule has 2 rings (SSSR count). The molecule has 0 spiro atoms. The van der Waals surface area contributed by atoms with Crippen LogP contribution in [0.4, 0.5) is 0 Å². The predicted molar refractivity (Wildman–Crippen MR) is 91.3 cm³/mol. The molecule has 0 radical (unpaired) electrons. The summed E-state index contributed by atoms with van der Waals surface area (Å²) in [7, 11) is -3.58. The highest BCUT2D eigenvalue weighted by Gasteiger charge is 2.27. The van der Waals surface area contributed by atoms with Crippen molar-refractivity contribution in [2.75, 3.05) is 13.1 Å². The maximum atomic E-state index is 12.7. The highest BCUT2D eigenvalue weighted by Crippen LogP contribution is 2.25. The van der Waals surface area contributed by atoms with Gasteiger partial charge in [-0.25, -0.2) is 8.42 Å². The first-order valence-corrected chi connectivity index (χ1v) is 9.55. The van der Waals surface area contributed by atoms with Crippen LogP contribution in [0.25, 0.3) is 0 Å². The van der Waals surface area contributed by atoms with Gasteiger partial charge in [0.1, 0.15) is 0 Å². The van der Waals surface area contributed by atoms with Crippen molar-refractivity contribution in [3.63, 3.8) is 0 Å². The Morgan fingerprint density at radius 2 is 1.78 bits per heavy atom. The van der Waals surface area contributed by atoms with Crippen LogP contribution in [0, 0.1) is 0 Å². The van der Waals surface area contributed by atoms with E-state index in [1.807, 2.05) is 20.8 Å². The lowest BCUT2D eigenvalue weighted by Crippen LogP contribution is -2.41. The molecule has 1 aromatic rings. The number of hydrogen-bond acceptors (Lipinski definition) is 3.